The standard InChI is InChI=1S/C13H14N2O/c1-9-6-7-10(2)15(9)12-5-3-4-11(8-12)13(14)16/h3-8H,1-2H3,(H2,14,16). The van der Waals surface area contributed by atoms with Crippen LogP contribution in [-0.2, 0) is 0 Å². The smallest absolute Gasteiger partial charge is 0.248 e. The van der Waals surface area contributed by atoms with Gasteiger partial charge < -0.3 is 10.3 Å². The Kier molecular flexibility index (Phi) is 2.52. The van der Waals surface area contributed by atoms with Crippen LogP contribution in [0.4, 0.5) is 0 Å². The van der Waals surface area contributed by atoms with E-state index in [0.29, 0.717) is 5.56 Å². The van der Waals surface area contributed by atoms with E-state index in [-0.39, 0.29) is 0 Å². The Hall–Kier alpha value is -2.03. The number of rotatable bonds is 2. The van der Waals surface area contributed by atoms with Gasteiger partial charge in [0.15, 0.2) is 0 Å². The molecule has 3 heteroatoms. The molecule has 2 aromatic rings. The first-order valence-corrected chi connectivity index (χ1v) is 5.15. The van der Waals surface area contributed by atoms with Crippen LogP contribution in [-0.4, -0.2) is 10.5 Å². The first-order chi connectivity index (χ1) is 7.59. The Balaban J connectivity index is 2.57. The van der Waals surface area contributed by atoms with E-state index in [4.69, 9.17) is 5.73 Å². The number of amides is 1. The van der Waals surface area contributed by atoms with Crippen LogP contribution in [0.3, 0.4) is 0 Å². The molecule has 0 bridgehead atoms. The minimum Gasteiger partial charge on any atom is -0.366 e. The van der Waals surface area contributed by atoms with E-state index in [9.17, 15) is 4.79 Å². The van der Waals surface area contributed by atoms with Crippen molar-refractivity contribution in [3.63, 3.8) is 0 Å². The molecule has 0 aliphatic heterocycles. The molecule has 3 nitrogen and oxygen atoms in total. The molecule has 0 fully saturated rings. The van der Waals surface area contributed by atoms with Gasteiger partial charge in [-0.15, -0.1) is 0 Å². The lowest BCUT2D eigenvalue weighted by Gasteiger charge is -2.10. The number of carbonyl (C=O) groups excluding carboxylic acids is 1. The van der Waals surface area contributed by atoms with Crippen molar-refractivity contribution in [3.05, 3.63) is 53.3 Å². The molecule has 0 atom stereocenters. The maximum absolute atomic E-state index is 11.1. The van der Waals surface area contributed by atoms with Gasteiger partial charge in [-0.2, -0.15) is 0 Å². The summed E-state index contributed by atoms with van der Waals surface area (Å²) in [5, 5.41) is 0. The van der Waals surface area contributed by atoms with Crippen LogP contribution < -0.4 is 5.73 Å². The Morgan fingerprint density at radius 3 is 2.31 bits per heavy atom. The molecule has 0 saturated heterocycles. The zero-order valence-electron chi connectivity index (χ0n) is 9.40. The predicted molar refractivity (Wildman–Crippen MR) is 63.8 cm³/mol. The number of hydrogen-bond donors (Lipinski definition) is 1. The number of aryl methyl sites for hydroxylation is 2. The summed E-state index contributed by atoms with van der Waals surface area (Å²) in [5.74, 6) is -0.399. The number of carbonyl (C=O) groups is 1. The SMILES string of the molecule is Cc1ccc(C)n1-c1cccc(C(N)=O)c1. The highest BCUT2D eigenvalue weighted by Crippen LogP contribution is 2.17. The lowest BCUT2D eigenvalue weighted by Crippen LogP contribution is -2.11. The number of nitrogens with two attached hydrogens (primary N) is 1. The maximum Gasteiger partial charge on any atom is 0.248 e. The zero-order valence-corrected chi connectivity index (χ0v) is 9.40. The van der Waals surface area contributed by atoms with Crippen molar-refractivity contribution in [1.82, 2.24) is 4.57 Å². The van der Waals surface area contributed by atoms with Crippen LogP contribution in [0, 0.1) is 13.8 Å². The van der Waals surface area contributed by atoms with E-state index >= 15 is 0 Å². The summed E-state index contributed by atoms with van der Waals surface area (Å²) in [6.07, 6.45) is 0. The fourth-order valence-corrected chi connectivity index (χ4v) is 1.87. The van der Waals surface area contributed by atoms with Gasteiger partial charge >= 0.3 is 0 Å². The van der Waals surface area contributed by atoms with Crippen molar-refractivity contribution >= 4 is 5.91 Å². The van der Waals surface area contributed by atoms with E-state index in [2.05, 4.69) is 4.57 Å². The van der Waals surface area contributed by atoms with E-state index < -0.39 is 5.91 Å². The van der Waals surface area contributed by atoms with Crippen molar-refractivity contribution < 1.29 is 4.79 Å². The lowest BCUT2D eigenvalue weighted by molar-refractivity contribution is 0.100. The molecule has 0 saturated carbocycles. The van der Waals surface area contributed by atoms with Crippen LogP contribution >= 0.6 is 0 Å². The molecule has 2 rings (SSSR count). The van der Waals surface area contributed by atoms with Crippen LogP contribution in [0.5, 0.6) is 0 Å². The van der Waals surface area contributed by atoms with Crippen LogP contribution in [0.25, 0.3) is 5.69 Å². The van der Waals surface area contributed by atoms with Crippen molar-refractivity contribution in [1.29, 1.82) is 0 Å². The Bertz CT molecular complexity index is 521. The second kappa shape index (κ2) is 3.85. The molecule has 1 amide bonds. The number of benzene rings is 1. The number of aromatic nitrogens is 1. The molecule has 1 aromatic heterocycles. The second-order valence-electron chi connectivity index (χ2n) is 3.87. The van der Waals surface area contributed by atoms with E-state index in [1.165, 1.54) is 0 Å². The van der Waals surface area contributed by atoms with Gasteiger partial charge in [0.1, 0.15) is 0 Å². The largest absolute Gasteiger partial charge is 0.366 e. The monoisotopic (exact) mass is 214 g/mol. The summed E-state index contributed by atoms with van der Waals surface area (Å²) in [6.45, 7) is 4.06. The average Bonchev–Trinajstić information content (AvgIpc) is 2.59. The van der Waals surface area contributed by atoms with Gasteiger partial charge in [0.25, 0.3) is 0 Å². The molecule has 0 spiro atoms. The fourth-order valence-electron chi connectivity index (χ4n) is 1.87. The van der Waals surface area contributed by atoms with Gasteiger partial charge in [0.2, 0.25) is 5.91 Å². The lowest BCUT2D eigenvalue weighted by atomic mass is 10.2. The summed E-state index contributed by atoms with van der Waals surface area (Å²) >= 11 is 0. The minimum atomic E-state index is -0.399. The second-order valence-corrected chi connectivity index (χ2v) is 3.87. The van der Waals surface area contributed by atoms with E-state index in [0.717, 1.165) is 17.1 Å². The Morgan fingerprint density at radius 1 is 1.12 bits per heavy atom. The van der Waals surface area contributed by atoms with E-state index in [1.807, 2.05) is 44.2 Å². The fraction of sp³-hybridized carbons (Fsp3) is 0.154. The topological polar surface area (TPSA) is 48.0 Å². The van der Waals surface area contributed by atoms with E-state index in [1.54, 1.807) is 6.07 Å². The number of primary amides is 1. The first-order valence-electron chi connectivity index (χ1n) is 5.15. The molecule has 0 aliphatic rings. The molecule has 82 valence electrons. The Morgan fingerprint density at radius 2 is 1.75 bits per heavy atom. The third kappa shape index (κ3) is 1.72. The highest BCUT2D eigenvalue weighted by atomic mass is 16.1. The summed E-state index contributed by atoms with van der Waals surface area (Å²) in [7, 11) is 0. The van der Waals surface area contributed by atoms with Crippen molar-refractivity contribution in [2.75, 3.05) is 0 Å². The number of hydrogen-bond acceptors (Lipinski definition) is 1. The normalized spacial score (nSPS) is 10.4. The molecule has 16 heavy (non-hydrogen) atoms. The molecule has 0 unspecified atom stereocenters. The molecule has 2 N–H and O–H groups in total. The average molecular weight is 214 g/mol. The highest BCUT2D eigenvalue weighted by molar-refractivity contribution is 5.93. The van der Waals surface area contributed by atoms with Gasteiger partial charge in [-0.3, -0.25) is 4.79 Å². The van der Waals surface area contributed by atoms with Crippen molar-refractivity contribution in [2.45, 2.75) is 13.8 Å². The molecule has 0 radical (unpaired) electrons. The maximum atomic E-state index is 11.1. The number of nitrogens with zero attached hydrogens (tertiary/aromatic N) is 1. The zero-order chi connectivity index (χ0) is 11.7. The highest BCUT2D eigenvalue weighted by Gasteiger charge is 2.06. The van der Waals surface area contributed by atoms with Gasteiger partial charge in [-0.05, 0) is 44.2 Å². The van der Waals surface area contributed by atoms with Crippen molar-refractivity contribution in [3.8, 4) is 5.69 Å². The van der Waals surface area contributed by atoms with Gasteiger partial charge in [0.05, 0.1) is 0 Å². The van der Waals surface area contributed by atoms with Gasteiger partial charge in [0, 0.05) is 22.6 Å². The van der Waals surface area contributed by atoms with Crippen LogP contribution in [0.1, 0.15) is 21.7 Å². The third-order valence-corrected chi connectivity index (χ3v) is 2.66. The van der Waals surface area contributed by atoms with Crippen molar-refractivity contribution in [2.24, 2.45) is 5.73 Å². The molecular formula is C13H14N2O. The summed E-state index contributed by atoms with van der Waals surface area (Å²) in [4.78, 5) is 11.1. The van der Waals surface area contributed by atoms with Crippen LogP contribution in [0.15, 0.2) is 36.4 Å². The molecular weight excluding hydrogens is 200 g/mol. The summed E-state index contributed by atoms with van der Waals surface area (Å²) in [5.41, 5.74) is 9.04. The minimum absolute atomic E-state index is 0.399. The molecule has 1 aromatic carbocycles. The third-order valence-electron chi connectivity index (χ3n) is 2.66. The summed E-state index contributed by atoms with van der Waals surface area (Å²) in [6, 6.07) is 11.4. The molecule has 1 heterocycles. The Labute approximate surface area is 94.5 Å². The predicted octanol–water partition coefficient (Wildman–Crippen LogP) is 2.19. The molecule has 0 aliphatic carbocycles. The van der Waals surface area contributed by atoms with Gasteiger partial charge in [-0.1, -0.05) is 6.07 Å². The first kappa shape index (κ1) is 10.5. The van der Waals surface area contributed by atoms with Crippen LogP contribution in [0.2, 0.25) is 0 Å². The summed E-state index contributed by atoms with van der Waals surface area (Å²) < 4.78 is 2.09. The quantitative estimate of drug-likeness (QED) is 0.818. The van der Waals surface area contributed by atoms with Gasteiger partial charge in [-0.25, -0.2) is 0 Å².